The zero-order chi connectivity index (χ0) is 33.8. The molecule has 278 valence electrons. The second-order valence-electron chi connectivity index (χ2n) is 15.6. The predicted octanol–water partition coefficient (Wildman–Crippen LogP) is 6.39. The molecule has 2 amide bonds. The van der Waals surface area contributed by atoms with E-state index < -0.39 is 0 Å². The van der Waals surface area contributed by atoms with E-state index in [1.165, 1.54) is 18.4 Å². The lowest BCUT2D eigenvalue weighted by Gasteiger charge is -2.37. The normalized spacial score (nSPS) is 23.0. The molecule has 11 heteroatoms. The van der Waals surface area contributed by atoms with Crippen molar-refractivity contribution < 1.29 is 19.1 Å². The highest BCUT2D eigenvalue weighted by Crippen LogP contribution is 2.45. The molecular weight excluding hydrogens is 673 g/mol. The third kappa shape index (κ3) is 9.58. The summed E-state index contributed by atoms with van der Waals surface area (Å²) in [6.07, 6.45) is 7.27. The molecule has 1 atom stereocenters. The van der Waals surface area contributed by atoms with Crippen LogP contribution in [0.5, 0.6) is 11.5 Å². The highest BCUT2D eigenvalue weighted by Gasteiger charge is 2.33. The first-order valence-corrected chi connectivity index (χ1v) is 18.4. The molecule has 0 spiro atoms. The van der Waals surface area contributed by atoms with E-state index in [4.69, 9.17) is 9.47 Å². The van der Waals surface area contributed by atoms with Crippen LogP contribution in [-0.2, 0) is 0 Å². The number of likely N-dealkylation sites (tertiary alicyclic amines) is 1. The molecule has 50 heavy (non-hydrogen) atoms. The molecule has 3 saturated heterocycles. The Morgan fingerprint density at radius 3 is 2.06 bits per heavy atom. The highest BCUT2D eigenvalue weighted by atomic mass is 35.5. The number of nitrogens with one attached hydrogen (secondary N) is 2. The van der Waals surface area contributed by atoms with Crippen molar-refractivity contribution in [2.75, 3.05) is 71.4 Å². The van der Waals surface area contributed by atoms with Gasteiger partial charge in [-0.05, 0) is 91.8 Å². The Labute approximate surface area is 312 Å². The fourth-order valence-corrected chi connectivity index (χ4v) is 7.97. The van der Waals surface area contributed by atoms with Crippen LogP contribution in [0.4, 0.5) is 5.69 Å². The fraction of sp³-hybridized carbons (Fsp3) is 0.641. The summed E-state index contributed by atoms with van der Waals surface area (Å²) >= 11 is 0. The van der Waals surface area contributed by atoms with Gasteiger partial charge < -0.3 is 34.8 Å². The van der Waals surface area contributed by atoms with Crippen LogP contribution in [0, 0.1) is 11.3 Å². The minimum absolute atomic E-state index is 0. The first-order valence-electron chi connectivity index (χ1n) is 18.4. The number of ether oxygens (including phenoxy) is 2. The van der Waals surface area contributed by atoms with Crippen molar-refractivity contribution in [3.63, 3.8) is 0 Å². The van der Waals surface area contributed by atoms with Gasteiger partial charge in [-0.2, -0.15) is 0 Å². The Hall–Kier alpha value is -2.72. The van der Waals surface area contributed by atoms with E-state index in [-0.39, 0.29) is 48.8 Å². The van der Waals surface area contributed by atoms with Crippen LogP contribution in [-0.4, -0.2) is 100 Å². The van der Waals surface area contributed by atoms with E-state index in [2.05, 4.69) is 48.4 Å². The summed E-state index contributed by atoms with van der Waals surface area (Å²) < 4.78 is 13.1. The second kappa shape index (κ2) is 17.7. The van der Waals surface area contributed by atoms with Gasteiger partial charge in [-0.1, -0.05) is 20.8 Å². The Kier molecular flexibility index (Phi) is 14.2. The number of piperazine rings is 1. The number of piperidine rings is 1. The second-order valence-corrected chi connectivity index (χ2v) is 15.6. The standard InChI is InChI=1S/C39H57N5O4.2ClH/c1-39(2,3)29-9-6-27(7-10-29)34-24-28(8-13-35(34)48-32-14-17-41-26-32)37(45)44-20-15-31(16-21-44)47-36-25-30(43-22-18-40-19-23-43)11-12-33(36)38(46)42(4)5;;/h8,11-13,24-25,27,29,31-32,40-41H,6-7,9-10,14-23,26H2,1-5H3;2*1H/t27-,29-,32-;;/m0../s1. The average Bonchev–Trinajstić information content (AvgIpc) is 3.61. The van der Waals surface area contributed by atoms with Crippen molar-refractivity contribution in [1.29, 1.82) is 0 Å². The van der Waals surface area contributed by atoms with E-state index in [0.717, 1.165) is 94.3 Å². The van der Waals surface area contributed by atoms with Gasteiger partial charge in [-0.15, -0.1) is 24.8 Å². The Balaban J connectivity index is 0.00000281. The molecule has 2 N–H and O–H groups in total. The number of hydrogen-bond donors (Lipinski definition) is 2. The van der Waals surface area contributed by atoms with Crippen molar-refractivity contribution in [2.45, 2.75) is 83.8 Å². The molecule has 6 rings (SSSR count). The minimum Gasteiger partial charge on any atom is -0.489 e. The molecule has 9 nitrogen and oxygen atoms in total. The lowest BCUT2D eigenvalue weighted by molar-refractivity contribution is 0.0592. The number of carbonyl (C=O) groups is 2. The Morgan fingerprint density at radius 2 is 1.44 bits per heavy atom. The monoisotopic (exact) mass is 731 g/mol. The van der Waals surface area contributed by atoms with Gasteiger partial charge in [-0.3, -0.25) is 9.59 Å². The first kappa shape index (κ1) is 40.1. The summed E-state index contributed by atoms with van der Waals surface area (Å²) in [4.78, 5) is 32.9. The van der Waals surface area contributed by atoms with E-state index >= 15 is 0 Å². The smallest absolute Gasteiger partial charge is 0.257 e. The molecule has 3 aliphatic heterocycles. The molecule has 0 aromatic heterocycles. The maximum Gasteiger partial charge on any atom is 0.257 e. The largest absolute Gasteiger partial charge is 0.489 e. The van der Waals surface area contributed by atoms with E-state index in [1.807, 2.05) is 29.2 Å². The zero-order valence-corrected chi connectivity index (χ0v) is 32.3. The van der Waals surface area contributed by atoms with Gasteiger partial charge in [0.25, 0.3) is 11.8 Å². The van der Waals surface area contributed by atoms with E-state index in [0.29, 0.717) is 35.7 Å². The van der Waals surface area contributed by atoms with E-state index in [9.17, 15) is 9.59 Å². The summed E-state index contributed by atoms with van der Waals surface area (Å²) in [5, 5.41) is 6.82. The summed E-state index contributed by atoms with van der Waals surface area (Å²) in [6, 6.07) is 12.1. The zero-order valence-electron chi connectivity index (χ0n) is 30.7. The van der Waals surface area contributed by atoms with Crippen molar-refractivity contribution in [3.8, 4) is 11.5 Å². The third-order valence-electron chi connectivity index (χ3n) is 11.1. The number of anilines is 1. The number of benzene rings is 2. The van der Waals surface area contributed by atoms with Crippen LogP contribution in [0.3, 0.4) is 0 Å². The maximum atomic E-state index is 14.0. The summed E-state index contributed by atoms with van der Waals surface area (Å²) in [5.41, 5.74) is 3.94. The van der Waals surface area contributed by atoms with E-state index in [1.54, 1.807) is 19.0 Å². The number of hydrogen-bond acceptors (Lipinski definition) is 7. The number of amides is 2. The van der Waals surface area contributed by atoms with Crippen LogP contribution in [0.2, 0.25) is 0 Å². The van der Waals surface area contributed by atoms with Crippen molar-refractivity contribution in [2.24, 2.45) is 11.3 Å². The molecule has 2 aromatic carbocycles. The molecule has 0 unspecified atom stereocenters. The summed E-state index contributed by atoms with van der Waals surface area (Å²) in [7, 11) is 3.54. The fourth-order valence-electron chi connectivity index (χ4n) is 7.97. The molecule has 2 aromatic rings. The lowest BCUT2D eigenvalue weighted by atomic mass is 9.68. The van der Waals surface area contributed by atoms with Gasteiger partial charge in [-0.25, -0.2) is 0 Å². The third-order valence-corrected chi connectivity index (χ3v) is 11.1. The van der Waals surface area contributed by atoms with Crippen LogP contribution in [0.1, 0.15) is 97.9 Å². The number of halogens is 2. The lowest BCUT2D eigenvalue weighted by Crippen LogP contribution is -2.43. The summed E-state index contributed by atoms with van der Waals surface area (Å²) in [5.74, 6) is 2.74. The quantitative estimate of drug-likeness (QED) is 0.326. The Morgan fingerprint density at radius 1 is 0.760 bits per heavy atom. The highest BCUT2D eigenvalue weighted by molar-refractivity contribution is 5.97. The van der Waals surface area contributed by atoms with Crippen LogP contribution in [0.15, 0.2) is 36.4 Å². The summed E-state index contributed by atoms with van der Waals surface area (Å²) in [6.45, 7) is 13.9. The number of carbonyl (C=O) groups excluding carboxylic acids is 2. The maximum absolute atomic E-state index is 14.0. The Bertz CT molecular complexity index is 1420. The van der Waals surface area contributed by atoms with Gasteiger partial charge in [0.15, 0.2) is 0 Å². The number of nitrogens with zero attached hydrogens (tertiary/aromatic N) is 3. The van der Waals surface area contributed by atoms with Gasteiger partial charge in [0, 0.05) is 90.1 Å². The molecule has 1 aliphatic carbocycles. The predicted molar refractivity (Wildman–Crippen MR) is 206 cm³/mol. The van der Waals surface area contributed by atoms with Crippen LogP contribution < -0.4 is 25.0 Å². The molecular formula is C39H59Cl2N5O4. The topological polar surface area (TPSA) is 86.4 Å². The van der Waals surface area contributed by atoms with Gasteiger partial charge >= 0.3 is 0 Å². The molecule has 4 fully saturated rings. The van der Waals surface area contributed by atoms with Gasteiger partial charge in [0.2, 0.25) is 0 Å². The first-order chi connectivity index (χ1) is 23.1. The van der Waals surface area contributed by atoms with Crippen molar-refractivity contribution >= 4 is 42.3 Å². The minimum atomic E-state index is -0.0659. The van der Waals surface area contributed by atoms with Crippen LogP contribution in [0.25, 0.3) is 0 Å². The van der Waals surface area contributed by atoms with Crippen molar-refractivity contribution in [3.05, 3.63) is 53.1 Å². The molecule has 3 heterocycles. The number of rotatable bonds is 8. The van der Waals surface area contributed by atoms with Gasteiger partial charge in [0.05, 0.1) is 5.56 Å². The molecule has 0 radical (unpaired) electrons. The van der Waals surface area contributed by atoms with Gasteiger partial charge in [0.1, 0.15) is 23.7 Å². The molecule has 0 bridgehead atoms. The van der Waals surface area contributed by atoms with Crippen molar-refractivity contribution in [1.82, 2.24) is 20.4 Å². The van der Waals surface area contributed by atoms with Crippen LogP contribution >= 0.6 is 24.8 Å². The molecule has 4 aliphatic rings. The average molecular weight is 733 g/mol. The molecule has 1 saturated carbocycles. The SMILES string of the molecule is CN(C)C(=O)c1ccc(N2CCNCC2)cc1OC1CCN(C(=O)c2ccc(O[C@H]3CCNC3)c([C@H]3CC[C@H](C(C)(C)C)CC3)c2)CC1.Cl.Cl.